The minimum Gasteiger partial charge on any atom is -0.354 e. The molecule has 2 aromatic carbocycles. The smallest absolute Gasteiger partial charge is 0.254 e. The molecule has 4 aromatic rings. The van der Waals surface area contributed by atoms with Gasteiger partial charge in [-0.15, -0.1) is 5.10 Å². The number of tetrazole rings is 1. The van der Waals surface area contributed by atoms with Gasteiger partial charge in [-0.3, -0.25) is 4.79 Å². The molecule has 0 spiro atoms. The van der Waals surface area contributed by atoms with Crippen LogP contribution in [0, 0.1) is 13.8 Å². The average Bonchev–Trinajstić information content (AvgIpc) is 3.56. The number of nitrogens with zero attached hydrogens (tertiary/aromatic N) is 5. The maximum Gasteiger partial charge on any atom is 0.254 e. The van der Waals surface area contributed by atoms with Gasteiger partial charge in [0.15, 0.2) is 5.82 Å². The van der Waals surface area contributed by atoms with Gasteiger partial charge >= 0.3 is 0 Å². The molecule has 7 heteroatoms. The summed E-state index contributed by atoms with van der Waals surface area (Å²) in [6.45, 7) is 6.40. The molecular formula is C27H30N6O. The second-order valence-corrected chi connectivity index (χ2v) is 9.99. The van der Waals surface area contributed by atoms with Crippen molar-refractivity contribution in [2.75, 3.05) is 4.90 Å². The first-order valence-electron chi connectivity index (χ1n) is 12.3. The summed E-state index contributed by atoms with van der Waals surface area (Å²) in [5.41, 5.74) is 6.29. The van der Waals surface area contributed by atoms with Crippen LogP contribution < -0.4 is 10.5 Å². The summed E-state index contributed by atoms with van der Waals surface area (Å²) in [5.74, 6) is 0.754. The average molecular weight is 455 g/mol. The first kappa shape index (κ1) is 21.1. The van der Waals surface area contributed by atoms with E-state index in [0.717, 1.165) is 41.7 Å². The molecule has 2 atom stereocenters. The Morgan fingerprint density at radius 1 is 1.06 bits per heavy atom. The number of rotatable bonds is 4. The fraction of sp³-hybridized carbons (Fsp3) is 0.407. The lowest BCUT2D eigenvalue weighted by molar-refractivity contribution is 0.423. The van der Waals surface area contributed by atoms with E-state index in [2.05, 4.69) is 82.6 Å². The molecule has 1 fully saturated rings. The number of para-hydroxylation sites is 1. The lowest BCUT2D eigenvalue weighted by Gasteiger charge is -2.34. The zero-order chi connectivity index (χ0) is 23.4. The lowest BCUT2D eigenvalue weighted by atomic mass is 10.00. The van der Waals surface area contributed by atoms with Crippen molar-refractivity contribution in [2.24, 2.45) is 0 Å². The molecule has 2 aliphatic rings. The number of H-pyrrole nitrogens is 1. The SMILES string of the molecule is Cc1cc2cc([C@@H](c3nnnn3C3CCCC3)N3c4ccccc4C[C@@H]3C)c(=O)[nH]c2cc1C. The number of aromatic nitrogens is 5. The van der Waals surface area contributed by atoms with Gasteiger partial charge in [-0.2, -0.15) is 0 Å². The van der Waals surface area contributed by atoms with Gasteiger partial charge in [-0.1, -0.05) is 31.0 Å². The van der Waals surface area contributed by atoms with E-state index in [1.54, 1.807) is 0 Å². The normalized spacial score (nSPS) is 19.1. The molecule has 0 amide bonds. The molecule has 174 valence electrons. The second kappa shape index (κ2) is 8.08. The summed E-state index contributed by atoms with van der Waals surface area (Å²) in [7, 11) is 0. The van der Waals surface area contributed by atoms with Gasteiger partial charge in [0, 0.05) is 22.8 Å². The van der Waals surface area contributed by atoms with Crippen molar-refractivity contribution in [1.29, 1.82) is 0 Å². The highest BCUT2D eigenvalue weighted by Gasteiger charge is 2.39. The number of hydrogen-bond donors (Lipinski definition) is 1. The topological polar surface area (TPSA) is 79.7 Å². The van der Waals surface area contributed by atoms with Crippen molar-refractivity contribution in [2.45, 2.75) is 71.0 Å². The van der Waals surface area contributed by atoms with Crippen LogP contribution in [0.4, 0.5) is 5.69 Å². The summed E-state index contributed by atoms with van der Waals surface area (Å²) in [6, 6.07) is 14.9. The number of nitrogens with one attached hydrogen (secondary N) is 1. The molecular weight excluding hydrogens is 424 g/mol. The molecule has 0 unspecified atom stereocenters. The Morgan fingerprint density at radius 3 is 2.65 bits per heavy atom. The third-order valence-corrected chi connectivity index (χ3v) is 7.75. The Kier molecular flexibility index (Phi) is 5.01. The van der Waals surface area contributed by atoms with E-state index in [0.29, 0.717) is 5.56 Å². The molecule has 3 heterocycles. The van der Waals surface area contributed by atoms with Crippen molar-refractivity contribution in [3.05, 3.63) is 80.9 Å². The third-order valence-electron chi connectivity index (χ3n) is 7.75. The zero-order valence-electron chi connectivity index (χ0n) is 20.0. The van der Waals surface area contributed by atoms with E-state index in [1.165, 1.54) is 29.5 Å². The van der Waals surface area contributed by atoms with Crippen molar-refractivity contribution in [3.63, 3.8) is 0 Å². The van der Waals surface area contributed by atoms with E-state index in [9.17, 15) is 4.79 Å². The fourth-order valence-corrected chi connectivity index (χ4v) is 5.88. The number of aryl methyl sites for hydroxylation is 2. The number of hydrogen-bond acceptors (Lipinski definition) is 5. The van der Waals surface area contributed by atoms with Gasteiger partial charge < -0.3 is 9.88 Å². The van der Waals surface area contributed by atoms with E-state index >= 15 is 0 Å². The van der Waals surface area contributed by atoms with Crippen molar-refractivity contribution in [3.8, 4) is 0 Å². The van der Waals surface area contributed by atoms with Crippen LogP contribution in [0.3, 0.4) is 0 Å². The van der Waals surface area contributed by atoms with Gasteiger partial charge in [0.05, 0.1) is 6.04 Å². The number of pyridine rings is 1. The standard InChI is InChI=1S/C27H30N6O/c1-16-12-20-15-22(27(34)28-23(20)13-17(16)2)25(26-29-30-31-33(26)21-9-5-6-10-21)32-18(3)14-19-8-4-7-11-24(19)32/h4,7-8,11-13,15,18,21,25H,5-6,9-10,14H2,1-3H3,(H,28,34)/t18-,25-/m0/s1. The van der Waals surface area contributed by atoms with Gasteiger partial charge in [0.1, 0.15) is 6.04 Å². The van der Waals surface area contributed by atoms with Gasteiger partial charge in [0.25, 0.3) is 5.56 Å². The van der Waals surface area contributed by atoms with E-state index < -0.39 is 0 Å². The molecule has 0 saturated heterocycles. The molecule has 0 bridgehead atoms. The minimum absolute atomic E-state index is 0.0849. The van der Waals surface area contributed by atoms with Gasteiger partial charge in [0.2, 0.25) is 0 Å². The van der Waals surface area contributed by atoms with Crippen LogP contribution in [-0.4, -0.2) is 31.2 Å². The number of fused-ring (bicyclic) bond motifs is 2. The maximum atomic E-state index is 13.6. The van der Waals surface area contributed by atoms with E-state index in [4.69, 9.17) is 0 Å². The molecule has 6 rings (SSSR count). The molecule has 1 saturated carbocycles. The summed E-state index contributed by atoms with van der Waals surface area (Å²) in [6.07, 6.45) is 5.45. The van der Waals surface area contributed by atoms with Crippen LogP contribution >= 0.6 is 0 Å². The van der Waals surface area contributed by atoms with Crippen LogP contribution in [0.1, 0.15) is 72.8 Å². The Hall–Kier alpha value is -3.48. The Labute approximate surface area is 198 Å². The van der Waals surface area contributed by atoms with Gasteiger partial charge in [-0.05, 0) is 96.8 Å². The van der Waals surface area contributed by atoms with Crippen LogP contribution in [0.2, 0.25) is 0 Å². The predicted molar refractivity (Wildman–Crippen MR) is 133 cm³/mol. The predicted octanol–water partition coefficient (Wildman–Crippen LogP) is 4.79. The fourth-order valence-electron chi connectivity index (χ4n) is 5.88. The van der Waals surface area contributed by atoms with Crippen LogP contribution in [0.15, 0.2) is 47.3 Å². The summed E-state index contributed by atoms with van der Waals surface area (Å²) < 4.78 is 2.00. The number of aromatic amines is 1. The first-order valence-corrected chi connectivity index (χ1v) is 12.3. The molecule has 34 heavy (non-hydrogen) atoms. The quantitative estimate of drug-likeness (QED) is 0.480. The van der Waals surface area contributed by atoms with Crippen molar-refractivity contribution < 1.29 is 0 Å². The Bertz CT molecular complexity index is 1430. The minimum atomic E-state index is -0.371. The third kappa shape index (κ3) is 3.33. The van der Waals surface area contributed by atoms with E-state index in [1.807, 2.05) is 10.7 Å². The Balaban J connectivity index is 1.59. The molecule has 1 N–H and O–H groups in total. The van der Waals surface area contributed by atoms with Crippen molar-refractivity contribution in [1.82, 2.24) is 25.2 Å². The molecule has 0 radical (unpaired) electrons. The highest BCUT2D eigenvalue weighted by molar-refractivity contribution is 5.81. The maximum absolute atomic E-state index is 13.6. The Morgan fingerprint density at radius 2 is 1.82 bits per heavy atom. The highest BCUT2D eigenvalue weighted by Crippen LogP contribution is 2.42. The molecule has 2 aromatic heterocycles. The lowest BCUT2D eigenvalue weighted by Crippen LogP contribution is -2.39. The monoisotopic (exact) mass is 454 g/mol. The molecule has 1 aliphatic heterocycles. The second-order valence-electron chi connectivity index (χ2n) is 9.99. The van der Waals surface area contributed by atoms with E-state index in [-0.39, 0.29) is 23.7 Å². The van der Waals surface area contributed by atoms with Crippen molar-refractivity contribution >= 4 is 16.6 Å². The number of anilines is 1. The zero-order valence-corrected chi connectivity index (χ0v) is 20.0. The summed E-state index contributed by atoms with van der Waals surface area (Å²) in [5, 5.41) is 14.1. The molecule has 7 nitrogen and oxygen atoms in total. The summed E-state index contributed by atoms with van der Waals surface area (Å²) in [4.78, 5) is 19.1. The number of benzene rings is 2. The summed E-state index contributed by atoms with van der Waals surface area (Å²) >= 11 is 0. The van der Waals surface area contributed by atoms with Crippen LogP contribution in [0.25, 0.3) is 10.9 Å². The van der Waals surface area contributed by atoms with Crippen LogP contribution in [0.5, 0.6) is 0 Å². The highest BCUT2D eigenvalue weighted by atomic mass is 16.1. The van der Waals surface area contributed by atoms with Crippen LogP contribution in [-0.2, 0) is 6.42 Å². The molecule has 1 aliphatic carbocycles. The van der Waals surface area contributed by atoms with Gasteiger partial charge in [-0.25, -0.2) is 4.68 Å². The first-order chi connectivity index (χ1) is 16.5. The largest absolute Gasteiger partial charge is 0.354 e.